The van der Waals surface area contributed by atoms with Gasteiger partial charge in [-0.25, -0.2) is 0 Å². The minimum Gasteiger partial charge on any atom is -0.410 e. The SMILES string of the molecule is Cc1cc(C(/C=C(\c2cc(Cl)cc(Cl)c2)C(F)(F)F)=NO)ccc1C(=O)NCC(F)(F)F. The molecule has 4 nitrogen and oxygen atoms in total. The summed E-state index contributed by atoms with van der Waals surface area (Å²) in [5.74, 6) is -1.02. The summed E-state index contributed by atoms with van der Waals surface area (Å²) in [7, 11) is 0. The summed E-state index contributed by atoms with van der Waals surface area (Å²) in [6.45, 7) is -0.178. The first-order chi connectivity index (χ1) is 14.7. The maximum absolute atomic E-state index is 13.7. The van der Waals surface area contributed by atoms with Gasteiger partial charge in [0.2, 0.25) is 0 Å². The molecule has 0 atom stereocenters. The number of aryl methyl sites for hydroxylation is 1. The van der Waals surface area contributed by atoms with Crippen LogP contribution in [0.15, 0.2) is 47.6 Å². The third-order valence-electron chi connectivity index (χ3n) is 4.08. The number of carbonyl (C=O) groups is 1. The summed E-state index contributed by atoms with van der Waals surface area (Å²) in [6.07, 6.45) is -8.93. The van der Waals surface area contributed by atoms with Crippen LogP contribution in [0.5, 0.6) is 0 Å². The fraction of sp³-hybridized carbons (Fsp3) is 0.200. The molecule has 0 unspecified atom stereocenters. The summed E-state index contributed by atoms with van der Waals surface area (Å²) in [4.78, 5) is 11.9. The topological polar surface area (TPSA) is 61.7 Å². The van der Waals surface area contributed by atoms with Crippen LogP contribution in [0, 0.1) is 6.92 Å². The van der Waals surface area contributed by atoms with Crippen molar-refractivity contribution in [3.8, 4) is 0 Å². The van der Waals surface area contributed by atoms with Gasteiger partial charge in [0, 0.05) is 21.2 Å². The monoisotopic (exact) mass is 498 g/mol. The molecule has 1 amide bonds. The number of oxime groups is 1. The molecule has 0 aliphatic heterocycles. The number of halogens is 8. The summed E-state index contributed by atoms with van der Waals surface area (Å²) in [5.41, 5.74) is -2.10. The molecule has 12 heteroatoms. The Kier molecular flexibility index (Phi) is 7.84. The van der Waals surface area contributed by atoms with Gasteiger partial charge in [-0.1, -0.05) is 34.4 Å². The number of benzene rings is 2. The Bertz CT molecular complexity index is 1060. The predicted molar refractivity (Wildman–Crippen MR) is 108 cm³/mol. The van der Waals surface area contributed by atoms with Crippen molar-refractivity contribution in [1.82, 2.24) is 5.32 Å². The minimum atomic E-state index is -4.88. The number of nitrogens with zero attached hydrogens (tertiary/aromatic N) is 1. The van der Waals surface area contributed by atoms with Crippen molar-refractivity contribution in [2.45, 2.75) is 19.3 Å². The quantitative estimate of drug-likeness (QED) is 0.216. The molecule has 32 heavy (non-hydrogen) atoms. The molecule has 172 valence electrons. The van der Waals surface area contributed by atoms with E-state index in [4.69, 9.17) is 23.2 Å². The fourth-order valence-corrected chi connectivity index (χ4v) is 3.22. The Morgan fingerprint density at radius 1 is 1.03 bits per heavy atom. The zero-order valence-electron chi connectivity index (χ0n) is 16.1. The van der Waals surface area contributed by atoms with E-state index in [-0.39, 0.29) is 32.3 Å². The Hall–Kier alpha value is -2.72. The van der Waals surface area contributed by atoms with Crippen molar-refractivity contribution in [3.05, 3.63) is 74.8 Å². The van der Waals surface area contributed by atoms with E-state index in [1.165, 1.54) is 19.1 Å². The lowest BCUT2D eigenvalue weighted by Crippen LogP contribution is -2.34. The second-order valence-electron chi connectivity index (χ2n) is 6.53. The van der Waals surface area contributed by atoms with Crippen LogP contribution in [-0.2, 0) is 0 Å². The first-order valence-corrected chi connectivity index (χ1v) is 9.40. The lowest BCUT2D eigenvalue weighted by atomic mass is 9.98. The number of hydrogen-bond acceptors (Lipinski definition) is 3. The van der Waals surface area contributed by atoms with E-state index in [9.17, 15) is 36.3 Å². The van der Waals surface area contributed by atoms with Gasteiger partial charge in [0.1, 0.15) is 12.3 Å². The first kappa shape index (κ1) is 25.5. The van der Waals surface area contributed by atoms with E-state index in [2.05, 4.69) is 5.16 Å². The van der Waals surface area contributed by atoms with Crippen molar-refractivity contribution < 1.29 is 36.3 Å². The summed E-state index contributed by atoms with van der Waals surface area (Å²) >= 11 is 11.6. The largest absolute Gasteiger partial charge is 0.417 e. The normalized spacial score (nSPS) is 13.3. The fourth-order valence-electron chi connectivity index (χ4n) is 2.70. The zero-order chi connectivity index (χ0) is 24.3. The van der Waals surface area contributed by atoms with Gasteiger partial charge in [0.15, 0.2) is 0 Å². The lowest BCUT2D eigenvalue weighted by molar-refractivity contribution is -0.123. The predicted octanol–water partition coefficient (Wildman–Crippen LogP) is 6.42. The molecule has 2 N–H and O–H groups in total. The second-order valence-corrected chi connectivity index (χ2v) is 7.40. The Morgan fingerprint density at radius 2 is 1.62 bits per heavy atom. The smallest absolute Gasteiger partial charge is 0.410 e. The van der Waals surface area contributed by atoms with Gasteiger partial charge in [-0.15, -0.1) is 0 Å². The van der Waals surface area contributed by atoms with E-state index in [1.54, 1.807) is 5.32 Å². The highest BCUT2D eigenvalue weighted by molar-refractivity contribution is 6.35. The molecule has 2 rings (SSSR count). The van der Waals surface area contributed by atoms with Crippen LogP contribution in [0.4, 0.5) is 26.3 Å². The summed E-state index contributed by atoms with van der Waals surface area (Å²) < 4.78 is 77.9. The molecule has 0 radical (unpaired) electrons. The van der Waals surface area contributed by atoms with E-state index >= 15 is 0 Å². The number of allylic oxidation sites excluding steroid dienone is 2. The summed E-state index contributed by atoms with van der Waals surface area (Å²) in [6, 6.07) is 6.75. The van der Waals surface area contributed by atoms with Crippen LogP contribution in [0.2, 0.25) is 10.0 Å². The minimum absolute atomic E-state index is 0.0211. The molecule has 0 aromatic heterocycles. The van der Waals surface area contributed by atoms with Crippen LogP contribution >= 0.6 is 23.2 Å². The zero-order valence-corrected chi connectivity index (χ0v) is 17.6. The maximum atomic E-state index is 13.7. The molecule has 2 aromatic rings. The third kappa shape index (κ3) is 6.89. The molecule has 0 aliphatic rings. The number of amides is 1. The molecular formula is C20H14Cl2F6N2O2. The van der Waals surface area contributed by atoms with Gasteiger partial charge < -0.3 is 10.5 Å². The average Bonchev–Trinajstić information content (AvgIpc) is 2.64. The Labute approximate surface area is 188 Å². The average molecular weight is 499 g/mol. The Balaban J connectivity index is 2.45. The van der Waals surface area contributed by atoms with Gasteiger partial charge in [0.05, 0.1) is 5.57 Å². The third-order valence-corrected chi connectivity index (χ3v) is 4.52. The maximum Gasteiger partial charge on any atom is 0.417 e. The number of rotatable bonds is 5. The number of hydrogen-bond donors (Lipinski definition) is 2. The summed E-state index contributed by atoms with van der Waals surface area (Å²) in [5, 5.41) is 13.8. The van der Waals surface area contributed by atoms with Crippen molar-refractivity contribution >= 4 is 40.4 Å². The van der Waals surface area contributed by atoms with Gasteiger partial charge in [-0.05, 0) is 54.5 Å². The molecule has 0 saturated carbocycles. The molecule has 0 spiro atoms. The number of nitrogens with one attached hydrogen (secondary N) is 1. The van der Waals surface area contributed by atoms with E-state index in [1.807, 2.05) is 0 Å². The molecule has 2 aromatic carbocycles. The van der Waals surface area contributed by atoms with Crippen LogP contribution in [0.1, 0.15) is 27.0 Å². The van der Waals surface area contributed by atoms with Gasteiger partial charge >= 0.3 is 12.4 Å². The van der Waals surface area contributed by atoms with Crippen molar-refractivity contribution in [2.24, 2.45) is 5.16 Å². The molecular weight excluding hydrogens is 485 g/mol. The van der Waals surface area contributed by atoms with Crippen molar-refractivity contribution in [1.29, 1.82) is 0 Å². The van der Waals surface area contributed by atoms with Crippen molar-refractivity contribution in [3.63, 3.8) is 0 Å². The van der Waals surface area contributed by atoms with Crippen LogP contribution in [-0.4, -0.2) is 35.7 Å². The van der Waals surface area contributed by atoms with Crippen LogP contribution in [0.3, 0.4) is 0 Å². The number of carbonyl (C=O) groups excluding carboxylic acids is 1. The Morgan fingerprint density at radius 3 is 2.09 bits per heavy atom. The van der Waals surface area contributed by atoms with Gasteiger partial charge in [-0.3, -0.25) is 4.79 Å². The van der Waals surface area contributed by atoms with Crippen molar-refractivity contribution in [2.75, 3.05) is 6.54 Å². The van der Waals surface area contributed by atoms with Gasteiger partial charge in [0.25, 0.3) is 5.91 Å². The highest BCUT2D eigenvalue weighted by atomic mass is 35.5. The highest BCUT2D eigenvalue weighted by Crippen LogP contribution is 2.36. The lowest BCUT2D eigenvalue weighted by Gasteiger charge is -2.14. The van der Waals surface area contributed by atoms with Crippen LogP contribution < -0.4 is 5.32 Å². The number of alkyl halides is 6. The van der Waals surface area contributed by atoms with Gasteiger partial charge in [-0.2, -0.15) is 26.3 Å². The first-order valence-electron chi connectivity index (χ1n) is 8.64. The highest BCUT2D eigenvalue weighted by Gasteiger charge is 2.35. The van der Waals surface area contributed by atoms with E-state index in [0.717, 1.165) is 24.3 Å². The van der Waals surface area contributed by atoms with E-state index < -0.39 is 36.1 Å². The second kappa shape index (κ2) is 9.83. The van der Waals surface area contributed by atoms with E-state index in [0.29, 0.717) is 6.08 Å². The molecule has 0 aliphatic carbocycles. The molecule has 0 fully saturated rings. The molecule has 0 saturated heterocycles. The standard InChI is InChI=1S/C20H14Cl2F6N2O2/c1-10-4-11(2-3-15(10)18(31)29-9-19(23,24)25)17(30-32)8-16(20(26,27)28)12-5-13(21)7-14(22)6-12/h2-8,32H,9H2,1H3,(H,29,31)/b16-8+,30-17?. The molecule has 0 bridgehead atoms. The molecule has 0 heterocycles. The van der Waals surface area contributed by atoms with Crippen LogP contribution in [0.25, 0.3) is 5.57 Å².